The van der Waals surface area contributed by atoms with Crippen molar-refractivity contribution in [3.05, 3.63) is 102 Å². The molecule has 0 unspecified atom stereocenters. The molecule has 4 heteroatoms. The smallest absolute Gasteiger partial charge is 0.261 e. The predicted molar refractivity (Wildman–Crippen MR) is 107 cm³/mol. The van der Waals surface area contributed by atoms with E-state index in [9.17, 15) is 4.79 Å². The topological polar surface area (TPSA) is 54.6 Å². The van der Waals surface area contributed by atoms with Crippen molar-refractivity contribution in [1.29, 1.82) is 0 Å². The van der Waals surface area contributed by atoms with E-state index in [1.54, 1.807) is 0 Å². The number of nitrogens with one attached hydrogen (secondary N) is 1. The summed E-state index contributed by atoms with van der Waals surface area (Å²) in [6, 6.07) is 26.5. The number of carbonyl (C=O) groups excluding carboxylic acids is 1. The van der Waals surface area contributed by atoms with Crippen LogP contribution in [0.1, 0.15) is 15.9 Å². The molecule has 1 heterocycles. The Labute approximate surface area is 156 Å². The highest BCUT2D eigenvalue weighted by Crippen LogP contribution is 2.17. The first kappa shape index (κ1) is 16.8. The zero-order valence-electron chi connectivity index (χ0n) is 14.8. The van der Waals surface area contributed by atoms with Gasteiger partial charge in [0, 0.05) is 11.1 Å². The van der Waals surface area contributed by atoms with Gasteiger partial charge in [-0.15, -0.1) is 0 Å². The summed E-state index contributed by atoms with van der Waals surface area (Å²) in [6.45, 7) is 1.95. The van der Waals surface area contributed by atoms with Gasteiger partial charge in [-0.3, -0.25) is 4.79 Å². The van der Waals surface area contributed by atoms with E-state index < -0.39 is 0 Å². The van der Waals surface area contributed by atoms with Gasteiger partial charge >= 0.3 is 0 Å². The molecule has 0 aliphatic heterocycles. The van der Waals surface area contributed by atoms with Crippen LogP contribution in [0.2, 0.25) is 0 Å². The van der Waals surface area contributed by atoms with Crippen LogP contribution < -0.4 is 10.9 Å². The summed E-state index contributed by atoms with van der Waals surface area (Å²) in [5, 5.41) is 3.81. The van der Waals surface area contributed by atoms with Crippen molar-refractivity contribution < 1.29 is 9.21 Å². The Hall–Kier alpha value is -3.66. The molecule has 0 saturated heterocycles. The number of nitrogens with zero attached hydrogens (tertiary/aromatic N) is 1. The van der Waals surface area contributed by atoms with Gasteiger partial charge in [-0.2, -0.15) is 0 Å². The largest absolute Gasteiger partial charge is 0.438 e. The summed E-state index contributed by atoms with van der Waals surface area (Å²) in [4.78, 5) is 17.5. The van der Waals surface area contributed by atoms with Crippen molar-refractivity contribution in [1.82, 2.24) is 0 Å². The number of hydrogen-bond donors (Lipinski definition) is 1. The number of anilines is 1. The molecule has 27 heavy (non-hydrogen) atoms. The van der Waals surface area contributed by atoms with Gasteiger partial charge in [0.2, 0.25) is 5.55 Å². The minimum absolute atomic E-state index is 0.256. The summed E-state index contributed by atoms with van der Waals surface area (Å²) < 4.78 is 5.96. The molecule has 0 spiro atoms. The van der Waals surface area contributed by atoms with Crippen molar-refractivity contribution in [3.63, 3.8) is 0 Å². The lowest BCUT2D eigenvalue weighted by Gasteiger charge is -2.09. The Balaban J connectivity index is 1.85. The summed E-state index contributed by atoms with van der Waals surface area (Å²) >= 11 is 0. The second kappa shape index (κ2) is 7.30. The van der Waals surface area contributed by atoms with E-state index in [1.165, 1.54) is 0 Å². The number of rotatable bonds is 3. The first-order valence-electron chi connectivity index (χ1n) is 8.70. The fraction of sp³-hybridized carbons (Fsp3) is 0.0435. The van der Waals surface area contributed by atoms with Gasteiger partial charge in [-0.05, 0) is 42.8 Å². The molecule has 132 valence electrons. The lowest BCUT2D eigenvalue weighted by Crippen LogP contribution is -2.22. The molecule has 4 nitrogen and oxygen atoms in total. The monoisotopic (exact) mass is 354 g/mol. The molecule has 0 radical (unpaired) electrons. The maximum Gasteiger partial charge on any atom is 0.261 e. The number of fused-ring (bicyclic) bond motifs is 1. The van der Waals surface area contributed by atoms with Gasteiger partial charge in [0.1, 0.15) is 11.1 Å². The van der Waals surface area contributed by atoms with E-state index in [4.69, 9.17) is 4.42 Å². The van der Waals surface area contributed by atoms with Gasteiger partial charge in [-0.1, -0.05) is 54.6 Å². The van der Waals surface area contributed by atoms with Gasteiger partial charge in [0.15, 0.2) is 0 Å². The molecule has 1 N–H and O–H groups in total. The van der Waals surface area contributed by atoms with Crippen LogP contribution in [0.15, 0.2) is 94.3 Å². The first-order valence-corrected chi connectivity index (χ1v) is 8.70. The van der Waals surface area contributed by atoms with Crippen LogP contribution in [0.3, 0.4) is 0 Å². The molecule has 3 aromatic carbocycles. The molecule has 1 amide bonds. The van der Waals surface area contributed by atoms with Crippen LogP contribution in [0.25, 0.3) is 11.0 Å². The van der Waals surface area contributed by atoms with E-state index in [2.05, 4.69) is 10.3 Å². The molecule has 0 aliphatic carbocycles. The number of amides is 1. The van der Waals surface area contributed by atoms with Crippen LogP contribution in [0.5, 0.6) is 0 Å². The number of benzene rings is 3. The molecule has 0 atom stereocenters. The molecule has 0 aliphatic rings. The van der Waals surface area contributed by atoms with Crippen molar-refractivity contribution in [2.24, 2.45) is 4.99 Å². The first-order chi connectivity index (χ1) is 13.2. The Morgan fingerprint density at radius 3 is 2.41 bits per heavy atom. The van der Waals surface area contributed by atoms with Crippen LogP contribution in [0, 0.1) is 6.92 Å². The zero-order chi connectivity index (χ0) is 18.6. The van der Waals surface area contributed by atoms with E-state index in [-0.39, 0.29) is 11.5 Å². The molecule has 0 saturated carbocycles. The molecule has 0 fully saturated rings. The third kappa shape index (κ3) is 3.65. The van der Waals surface area contributed by atoms with Crippen molar-refractivity contribution in [3.8, 4) is 0 Å². The highest BCUT2D eigenvalue weighted by Gasteiger charge is 2.13. The van der Waals surface area contributed by atoms with Crippen molar-refractivity contribution >= 4 is 28.3 Å². The van der Waals surface area contributed by atoms with Gasteiger partial charge in [-0.25, -0.2) is 4.99 Å². The highest BCUT2D eigenvalue weighted by molar-refractivity contribution is 6.05. The quantitative estimate of drug-likeness (QED) is 0.548. The summed E-state index contributed by atoms with van der Waals surface area (Å²) in [6.07, 6.45) is 0. The second-order valence-electron chi connectivity index (χ2n) is 6.22. The van der Waals surface area contributed by atoms with Crippen molar-refractivity contribution in [2.45, 2.75) is 6.92 Å². The Morgan fingerprint density at radius 2 is 1.59 bits per heavy atom. The van der Waals surface area contributed by atoms with Gasteiger partial charge in [0.25, 0.3) is 5.91 Å². The predicted octanol–water partition coefficient (Wildman–Crippen LogP) is 5.23. The van der Waals surface area contributed by atoms with Crippen LogP contribution in [-0.4, -0.2) is 5.91 Å². The molecule has 4 rings (SSSR count). The minimum Gasteiger partial charge on any atom is -0.438 e. The normalized spacial score (nSPS) is 11.5. The Kier molecular flexibility index (Phi) is 4.54. The maximum atomic E-state index is 13.0. The number of para-hydroxylation sites is 3. The third-order valence-corrected chi connectivity index (χ3v) is 4.28. The lowest BCUT2D eigenvalue weighted by molar-refractivity contribution is 0.102. The van der Waals surface area contributed by atoms with E-state index >= 15 is 0 Å². The van der Waals surface area contributed by atoms with Crippen LogP contribution in [-0.2, 0) is 0 Å². The van der Waals surface area contributed by atoms with Crippen molar-refractivity contribution in [2.75, 3.05) is 5.32 Å². The molecule has 4 aromatic rings. The summed E-state index contributed by atoms with van der Waals surface area (Å²) in [5.74, 6) is -0.256. The number of hydrogen-bond acceptors (Lipinski definition) is 3. The second-order valence-corrected chi connectivity index (χ2v) is 6.22. The van der Waals surface area contributed by atoms with Gasteiger partial charge < -0.3 is 9.73 Å². The van der Waals surface area contributed by atoms with E-state index in [0.717, 1.165) is 22.3 Å². The number of carbonyl (C=O) groups is 1. The van der Waals surface area contributed by atoms with Crippen LogP contribution in [0.4, 0.5) is 11.4 Å². The number of aryl methyl sites for hydroxylation is 1. The average molecular weight is 354 g/mol. The van der Waals surface area contributed by atoms with E-state index in [0.29, 0.717) is 11.1 Å². The summed E-state index contributed by atoms with van der Waals surface area (Å²) in [7, 11) is 0. The molecule has 0 bridgehead atoms. The molecule has 1 aromatic heterocycles. The maximum absolute atomic E-state index is 13.0. The third-order valence-electron chi connectivity index (χ3n) is 4.28. The minimum atomic E-state index is -0.256. The van der Waals surface area contributed by atoms with E-state index in [1.807, 2.05) is 91.9 Å². The molecular formula is C23H18N2O2. The Bertz CT molecular complexity index is 1180. The lowest BCUT2D eigenvalue weighted by atomic mass is 10.1. The van der Waals surface area contributed by atoms with Gasteiger partial charge in [0.05, 0.1) is 5.69 Å². The Morgan fingerprint density at radius 1 is 0.889 bits per heavy atom. The zero-order valence-corrected chi connectivity index (χ0v) is 14.8. The summed E-state index contributed by atoms with van der Waals surface area (Å²) in [5.41, 5.74) is 3.83. The fourth-order valence-electron chi connectivity index (χ4n) is 2.84. The SMILES string of the molecule is Cc1ccccc1NC(=O)c1cc2ccccc2oc1=Nc1ccccc1. The molecular weight excluding hydrogens is 336 g/mol. The van der Waals surface area contributed by atoms with Crippen LogP contribution >= 0.6 is 0 Å². The fourth-order valence-corrected chi connectivity index (χ4v) is 2.84. The standard InChI is InChI=1S/C23H18N2O2/c1-16-9-5-7-13-20(16)25-22(26)19-15-17-10-6-8-14-21(17)27-23(19)24-18-11-3-2-4-12-18/h2-15H,1H3,(H,25,26). The highest BCUT2D eigenvalue weighted by atomic mass is 16.3. The average Bonchev–Trinajstić information content (AvgIpc) is 2.70.